The van der Waals surface area contributed by atoms with Crippen molar-refractivity contribution in [1.29, 1.82) is 0 Å². The van der Waals surface area contributed by atoms with E-state index < -0.39 is 0 Å². The maximum absolute atomic E-state index is 4.03. The molecular weight excluding hydrogens is 290 g/mol. The molecule has 1 N–H and O–H groups in total. The lowest BCUT2D eigenvalue weighted by Crippen LogP contribution is -2.20. The molecule has 1 aromatic carbocycles. The molecule has 2 aromatic rings. The smallest absolute Gasteiger partial charge is 0.0945 e. The largest absolute Gasteiger partial charge is 0.337 e. The molecule has 0 spiro atoms. The number of halogens is 1. The highest BCUT2D eigenvalue weighted by molar-refractivity contribution is 9.10. The van der Waals surface area contributed by atoms with Gasteiger partial charge in [0.1, 0.15) is 0 Å². The molecule has 2 rings (SSSR count). The molecule has 0 saturated carbocycles. The molecule has 0 radical (unpaired) electrons. The number of aryl methyl sites for hydroxylation is 1. The Kier molecular flexibility index (Phi) is 4.96. The van der Waals surface area contributed by atoms with Crippen LogP contribution < -0.4 is 5.32 Å². The van der Waals surface area contributed by atoms with Crippen molar-refractivity contribution in [3.05, 3.63) is 53.0 Å². The monoisotopic (exact) mass is 307 g/mol. The molecule has 3 nitrogen and oxygen atoms in total. The second kappa shape index (κ2) is 6.71. The Labute approximate surface area is 116 Å². The van der Waals surface area contributed by atoms with Crippen LogP contribution >= 0.6 is 15.9 Å². The number of imidazole rings is 1. The molecule has 0 aliphatic heterocycles. The lowest BCUT2D eigenvalue weighted by atomic mass is 10.1. The van der Waals surface area contributed by atoms with Crippen LogP contribution in [0.4, 0.5) is 0 Å². The van der Waals surface area contributed by atoms with Gasteiger partial charge >= 0.3 is 0 Å². The van der Waals surface area contributed by atoms with E-state index >= 15 is 0 Å². The number of rotatable bonds is 6. The van der Waals surface area contributed by atoms with Crippen LogP contribution in [0.25, 0.3) is 0 Å². The van der Waals surface area contributed by atoms with Crippen LogP contribution in [0.2, 0.25) is 0 Å². The zero-order chi connectivity index (χ0) is 12.8. The SMILES string of the molecule is C[C@H](NCCCn1ccnc1)c1ccc(Br)cc1. The fourth-order valence-corrected chi connectivity index (χ4v) is 2.13. The maximum Gasteiger partial charge on any atom is 0.0945 e. The molecule has 4 heteroatoms. The highest BCUT2D eigenvalue weighted by Gasteiger charge is 2.03. The fraction of sp³-hybridized carbons (Fsp3) is 0.357. The Morgan fingerprint density at radius 1 is 1.33 bits per heavy atom. The van der Waals surface area contributed by atoms with Crippen molar-refractivity contribution < 1.29 is 0 Å². The van der Waals surface area contributed by atoms with Crippen LogP contribution in [0, 0.1) is 0 Å². The second-order valence-corrected chi connectivity index (χ2v) is 5.30. The van der Waals surface area contributed by atoms with Crippen molar-refractivity contribution in [2.24, 2.45) is 0 Å². The van der Waals surface area contributed by atoms with Crippen LogP contribution in [-0.4, -0.2) is 16.1 Å². The third-order valence-corrected chi connectivity index (χ3v) is 3.50. The molecular formula is C14H18BrN3. The predicted octanol–water partition coefficient (Wildman–Crippen LogP) is 3.39. The van der Waals surface area contributed by atoms with Crippen LogP contribution in [0.5, 0.6) is 0 Å². The van der Waals surface area contributed by atoms with Crippen LogP contribution in [0.1, 0.15) is 24.9 Å². The number of nitrogens with zero attached hydrogens (tertiary/aromatic N) is 2. The van der Waals surface area contributed by atoms with Gasteiger partial charge in [0.15, 0.2) is 0 Å². The molecule has 0 aliphatic carbocycles. The number of nitrogens with one attached hydrogen (secondary N) is 1. The summed E-state index contributed by atoms with van der Waals surface area (Å²) in [6, 6.07) is 8.86. The van der Waals surface area contributed by atoms with Gasteiger partial charge in [0, 0.05) is 29.5 Å². The van der Waals surface area contributed by atoms with Gasteiger partial charge in [-0.1, -0.05) is 28.1 Å². The van der Waals surface area contributed by atoms with Gasteiger partial charge in [-0.05, 0) is 37.6 Å². The van der Waals surface area contributed by atoms with E-state index in [0.717, 1.165) is 24.0 Å². The van der Waals surface area contributed by atoms with E-state index in [9.17, 15) is 0 Å². The van der Waals surface area contributed by atoms with Gasteiger partial charge in [-0.3, -0.25) is 0 Å². The minimum absolute atomic E-state index is 0.390. The van der Waals surface area contributed by atoms with E-state index in [-0.39, 0.29) is 0 Å². The quantitative estimate of drug-likeness (QED) is 0.829. The summed E-state index contributed by atoms with van der Waals surface area (Å²) in [7, 11) is 0. The number of aromatic nitrogens is 2. The normalized spacial score (nSPS) is 12.6. The van der Waals surface area contributed by atoms with Gasteiger partial charge in [-0.15, -0.1) is 0 Å². The van der Waals surface area contributed by atoms with Crippen molar-refractivity contribution in [3.63, 3.8) is 0 Å². The first-order valence-corrected chi connectivity index (χ1v) is 6.99. The summed E-state index contributed by atoms with van der Waals surface area (Å²) in [4.78, 5) is 4.03. The van der Waals surface area contributed by atoms with Gasteiger partial charge in [0.05, 0.1) is 6.33 Å². The number of hydrogen-bond donors (Lipinski definition) is 1. The highest BCUT2D eigenvalue weighted by Crippen LogP contribution is 2.16. The third-order valence-electron chi connectivity index (χ3n) is 2.97. The summed E-state index contributed by atoms with van der Waals surface area (Å²) < 4.78 is 3.23. The van der Waals surface area contributed by atoms with Gasteiger partial charge in [0.2, 0.25) is 0 Å². The summed E-state index contributed by atoms with van der Waals surface area (Å²) in [6.07, 6.45) is 6.78. The Bertz CT molecular complexity index is 450. The predicted molar refractivity (Wildman–Crippen MR) is 77.4 cm³/mol. The van der Waals surface area contributed by atoms with E-state index in [1.807, 2.05) is 18.7 Å². The van der Waals surface area contributed by atoms with Gasteiger partial charge < -0.3 is 9.88 Å². The summed E-state index contributed by atoms with van der Waals surface area (Å²) >= 11 is 3.45. The zero-order valence-electron chi connectivity index (χ0n) is 10.5. The Morgan fingerprint density at radius 2 is 2.11 bits per heavy atom. The molecule has 0 bridgehead atoms. The number of benzene rings is 1. The molecule has 1 heterocycles. The lowest BCUT2D eigenvalue weighted by molar-refractivity contribution is 0.526. The van der Waals surface area contributed by atoms with E-state index in [2.05, 4.69) is 62.0 Å². The van der Waals surface area contributed by atoms with Crippen LogP contribution in [0.15, 0.2) is 47.5 Å². The molecule has 0 saturated heterocycles. The third kappa shape index (κ3) is 3.96. The molecule has 0 amide bonds. The Morgan fingerprint density at radius 3 is 2.78 bits per heavy atom. The van der Waals surface area contributed by atoms with Crippen molar-refractivity contribution in [1.82, 2.24) is 14.9 Å². The van der Waals surface area contributed by atoms with Crippen molar-refractivity contribution in [3.8, 4) is 0 Å². The summed E-state index contributed by atoms with van der Waals surface area (Å²) in [5, 5.41) is 3.53. The van der Waals surface area contributed by atoms with E-state index in [0.29, 0.717) is 6.04 Å². The standard InChI is InChI=1S/C14H18BrN3/c1-12(13-3-5-14(15)6-4-13)17-7-2-9-18-10-8-16-11-18/h3-6,8,10-12,17H,2,7,9H2,1H3/t12-/m0/s1. The van der Waals surface area contributed by atoms with Crippen molar-refractivity contribution in [2.45, 2.75) is 25.9 Å². The fourth-order valence-electron chi connectivity index (χ4n) is 1.87. The summed E-state index contributed by atoms with van der Waals surface area (Å²) in [5.41, 5.74) is 1.32. The van der Waals surface area contributed by atoms with E-state index in [1.54, 1.807) is 0 Å². The molecule has 18 heavy (non-hydrogen) atoms. The van der Waals surface area contributed by atoms with Crippen molar-refractivity contribution >= 4 is 15.9 Å². The lowest BCUT2D eigenvalue weighted by Gasteiger charge is -2.14. The first-order valence-electron chi connectivity index (χ1n) is 6.20. The van der Waals surface area contributed by atoms with Crippen LogP contribution in [0.3, 0.4) is 0 Å². The second-order valence-electron chi connectivity index (χ2n) is 4.38. The molecule has 0 fully saturated rings. The van der Waals surface area contributed by atoms with Gasteiger partial charge in [-0.2, -0.15) is 0 Å². The maximum atomic E-state index is 4.03. The minimum Gasteiger partial charge on any atom is -0.337 e. The first-order chi connectivity index (χ1) is 8.75. The average molecular weight is 308 g/mol. The van der Waals surface area contributed by atoms with Crippen molar-refractivity contribution in [2.75, 3.05) is 6.54 Å². The van der Waals surface area contributed by atoms with Crippen LogP contribution in [-0.2, 0) is 6.54 Å². The minimum atomic E-state index is 0.390. The summed E-state index contributed by atoms with van der Waals surface area (Å²) in [5.74, 6) is 0. The molecule has 0 aliphatic rings. The van der Waals surface area contributed by atoms with E-state index in [1.165, 1.54) is 5.56 Å². The van der Waals surface area contributed by atoms with Gasteiger partial charge in [-0.25, -0.2) is 4.98 Å². The zero-order valence-corrected chi connectivity index (χ0v) is 12.1. The molecule has 1 atom stereocenters. The first kappa shape index (κ1) is 13.3. The van der Waals surface area contributed by atoms with E-state index in [4.69, 9.17) is 0 Å². The molecule has 0 unspecified atom stereocenters. The number of hydrogen-bond acceptors (Lipinski definition) is 2. The molecule has 1 aromatic heterocycles. The molecule has 96 valence electrons. The summed E-state index contributed by atoms with van der Waals surface area (Å²) in [6.45, 7) is 4.22. The van der Waals surface area contributed by atoms with Gasteiger partial charge in [0.25, 0.3) is 0 Å². The Balaban J connectivity index is 1.71. The highest BCUT2D eigenvalue weighted by atomic mass is 79.9. The average Bonchev–Trinajstić information content (AvgIpc) is 2.88. The Hall–Kier alpha value is -1.13. The topological polar surface area (TPSA) is 29.9 Å².